The fraction of sp³-hybridized carbons (Fsp3) is 0.647. The first-order chi connectivity index (χ1) is 9.69. The second-order valence-electron chi connectivity index (χ2n) is 6.33. The van der Waals surface area contributed by atoms with Gasteiger partial charge in [0.1, 0.15) is 5.75 Å². The van der Waals surface area contributed by atoms with Gasteiger partial charge in [-0.1, -0.05) is 13.0 Å². The van der Waals surface area contributed by atoms with Gasteiger partial charge in [-0.25, -0.2) is 0 Å². The minimum Gasteiger partial charge on any atom is -0.508 e. The van der Waals surface area contributed by atoms with Crippen LogP contribution in [0.4, 0.5) is 0 Å². The van der Waals surface area contributed by atoms with Crippen molar-refractivity contribution in [1.82, 2.24) is 4.90 Å². The lowest BCUT2D eigenvalue weighted by atomic mass is 9.84. The van der Waals surface area contributed by atoms with Crippen molar-refractivity contribution in [3.8, 4) is 5.75 Å². The molecule has 20 heavy (non-hydrogen) atoms. The zero-order valence-electron chi connectivity index (χ0n) is 12.5. The smallest absolute Gasteiger partial charge is 0.115 e. The lowest BCUT2D eigenvalue weighted by Crippen LogP contribution is -2.46. The zero-order valence-corrected chi connectivity index (χ0v) is 12.5. The molecule has 0 saturated carbocycles. The van der Waals surface area contributed by atoms with Gasteiger partial charge in [0, 0.05) is 19.7 Å². The minimum absolute atomic E-state index is 0.339. The standard InChI is InChI=1S/C17H25NO2/c1-12-8-9-18(11-17(12)20-2)16-5-3-4-13-6-7-14(19)10-15(13)16/h6-7,10,12,16-17,19H,3-5,8-9,11H2,1-2H3. The van der Waals surface area contributed by atoms with Gasteiger partial charge in [-0.05, 0) is 61.4 Å². The van der Waals surface area contributed by atoms with Crippen molar-refractivity contribution < 1.29 is 9.84 Å². The summed E-state index contributed by atoms with van der Waals surface area (Å²) in [5.41, 5.74) is 2.74. The maximum absolute atomic E-state index is 9.80. The number of methoxy groups -OCH3 is 1. The second-order valence-corrected chi connectivity index (χ2v) is 6.33. The van der Waals surface area contributed by atoms with E-state index < -0.39 is 0 Å². The highest BCUT2D eigenvalue weighted by Crippen LogP contribution is 2.38. The third kappa shape index (κ3) is 2.57. The maximum Gasteiger partial charge on any atom is 0.115 e. The number of aryl methyl sites for hydroxylation is 1. The lowest BCUT2D eigenvalue weighted by Gasteiger charge is -2.42. The molecule has 110 valence electrons. The number of hydrogen-bond acceptors (Lipinski definition) is 3. The molecule has 0 radical (unpaired) electrons. The summed E-state index contributed by atoms with van der Waals surface area (Å²) in [4.78, 5) is 2.56. The van der Waals surface area contributed by atoms with E-state index in [0.29, 0.717) is 23.8 Å². The van der Waals surface area contributed by atoms with Gasteiger partial charge in [-0.2, -0.15) is 0 Å². The Bertz CT molecular complexity index is 474. The first-order valence-electron chi connectivity index (χ1n) is 7.77. The first kappa shape index (κ1) is 13.9. The highest BCUT2D eigenvalue weighted by Gasteiger charge is 2.33. The molecule has 0 amide bonds. The summed E-state index contributed by atoms with van der Waals surface area (Å²) in [7, 11) is 1.82. The third-order valence-corrected chi connectivity index (χ3v) is 5.08. The number of aromatic hydroxyl groups is 1. The summed E-state index contributed by atoms with van der Waals surface area (Å²) in [5.74, 6) is 1.04. The van der Waals surface area contributed by atoms with Gasteiger partial charge in [-0.3, -0.25) is 4.90 Å². The number of nitrogens with zero attached hydrogens (tertiary/aromatic N) is 1. The highest BCUT2D eigenvalue weighted by molar-refractivity contribution is 5.38. The average Bonchev–Trinajstić information content (AvgIpc) is 2.47. The maximum atomic E-state index is 9.80. The van der Waals surface area contributed by atoms with Gasteiger partial charge >= 0.3 is 0 Å². The Morgan fingerprint density at radius 3 is 2.95 bits per heavy atom. The van der Waals surface area contributed by atoms with Gasteiger partial charge in [-0.15, -0.1) is 0 Å². The highest BCUT2D eigenvalue weighted by atomic mass is 16.5. The molecule has 0 spiro atoms. The molecule has 3 nitrogen and oxygen atoms in total. The van der Waals surface area contributed by atoms with Crippen LogP contribution in [0.25, 0.3) is 0 Å². The second kappa shape index (κ2) is 5.74. The minimum atomic E-state index is 0.339. The molecule has 1 fully saturated rings. The molecule has 1 aromatic carbocycles. The number of likely N-dealkylation sites (tertiary alicyclic amines) is 1. The van der Waals surface area contributed by atoms with E-state index in [9.17, 15) is 5.11 Å². The zero-order chi connectivity index (χ0) is 14.1. The molecule has 0 aromatic heterocycles. The normalized spacial score (nSPS) is 31.0. The summed E-state index contributed by atoms with van der Waals surface area (Å²) in [6.45, 7) is 4.43. The van der Waals surface area contributed by atoms with Crippen molar-refractivity contribution in [2.24, 2.45) is 5.92 Å². The van der Waals surface area contributed by atoms with Crippen LogP contribution in [0.1, 0.15) is 43.4 Å². The van der Waals surface area contributed by atoms with Crippen molar-refractivity contribution in [3.63, 3.8) is 0 Å². The molecule has 3 atom stereocenters. The molecule has 1 aromatic rings. The van der Waals surface area contributed by atoms with Crippen LogP contribution in [-0.2, 0) is 11.2 Å². The molecule has 3 heteroatoms. The van der Waals surface area contributed by atoms with Crippen LogP contribution in [0.5, 0.6) is 5.75 Å². The van der Waals surface area contributed by atoms with Crippen LogP contribution in [0, 0.1) is 5.92 Å². The summed E-state index contributed by atoms with van der Waals surface area (Å²) < 4.78 is 5.65. The van der Waals surface area contributed by atoms with Gasteiger partial charge in [0.25, 0.3) is 0 Å². The monoisotopic (exact) mass is 275 g/mol. The summed E-state index contributed by atoms with van der Waals surface area (Å²) in [6, 6.07) is 6.34. The van der Waals surface area contributed by atoms with E-state index in [-0.39, 0.29) is 0 Å². The number of phenolic OH excluding ortho intramolecular Hbond substituents is 1. The van der Waals surface area contributed by atoms with Crippen molar-refractivity contribution in [1.29, 1.82) is 0 Å². The fourth-order valence-corrected chi connectivity index (χ4v) is 3.79. The molecular weight excluding hydrogens is 250 g/mol. The van der Waals surface area contributed by atoms with E-state index in [1.165, 1.54) is 30.4 Å². The Labute approximate surface area is 121 Å². The lowest BCUT2D eigenvalue weighted by molar-refractivity contribution is -0.0219. The van der Waals surface area contributed by atoms with E-state index in [1.807, 2.05) is 19.2 Å². The van der Waals surface area contributed by atoms with Crippen LogP contribution in [0.15, 0.2) is 18.2 Å². The Hall–Kier alpha value is -1.06. The summed E-state index contributed by atoms with van der Waals surface area (Å²) in [5, 5.41) is 9.80. The van der Waals surface area contributed by atoms with E-state index in [4.69, 9.17) is 4.74 Å². The van der Waals surface area contributed by atoms with Gasteiger partial charge < -0.3 is 9.84 Å². The topological polar surface area (TPSA) is 32.7 Å². The van der Waals surface area contributed by atoms with Gasteiger partial charge in [0.2, 0.25) is 0 Å². The molecular formula is C17H25NO2. The molecule has 3 rings (SSSR count). The molecule has 1 aliphatic heterocycles. The molecule has 2 aliphatic rings. The van der Waals surface area contributed by atoms with Gasteiger partial charge in [0.15, 0.2) is 0 Å². The fourth-order valence-electron chi connectivity index (χ4n) is 3.79. The quantitative estimate of drug-likeness (QED) is 0.900. The van der Waals surface area contributed by atoms with Crippen molar-refractivity contribution in [2.45, 2.75) is 44.8 Å². The number of fused-ring (bicyclic) bond motifs is 1. The molecule has 0 bridgehead atoms. The van der Waals surface area contributed by atoms with E-state index in [1.54, 1.807) is 0 Å². The van der Waals surface area contributed by atoms with Crippen LogP contribution in [0.2, 0.25) is 0 Å². The number of hydrogen-bond donors (Lipinski definition) is 1. The van der Waals surface area contributed by atoms with Crippen LogP contribution < -0.4 is 0 Å². The predicted octanol–water partition coefficient (Wildman–Crippen LogP) is 3.13. The van der Waals surface area contributed by atoms with E-state index >= 15 is 0 Å². The summed E-state index contributed by atoms with van der Waals surface area (Å²) in [6.07, 6.45) is 5.12. The predicted molar refractivity (Wildman–Crippen MR) is 79.9 cm³/mol. The number of rotatable bonds is 2. The Kier molecular flexibility index (Phi) is 3.99. The Morgan fingerprint density at radius 2 is 2.15 bits per heavy atom. The summed E-state index contributed by atoms with van der Waals surface area (Å²) >= 11 is 0. The van der Waals surface area contributed by atoms with Gasteiger partial charge in [0.05, 0.1) is 6.10 Å². The largest absolute Gasteiger partial charge is 0.508 e. The third-order valence-electron chi connectivity index (χ3n) is 5.08. The SMILES string of the molecule is COC1CN(C2CCCc3ccc(O)cc32)CCC1C. The Balaban J connectivity index is 1.83. The number of ether oxygens (including phenoxy) is 1. The van der Waals surface area contributed by atoms with Crippen molar-refractivity contribution in [2.75, 3.05) is 20.2 Å². The van der Waals surface area contributed by atoms with Crippen LogP contribution >= 0.6 is 0 Å². The molecule has 3 unspecified atom stereocenters. The van der Waals surface area contributed by atoms with Crippen LogP contribution in [0.3, 0.4) is 0 Å². The number of piperidine rings is 1. The number of phenols is 1. The Morgan fingerprint density at radius 1 is 1.30 bits per heavy atom. The molecule has 1 heterocycles. The first-order valence-corrected chi connectivity index (χ1v) is 7.77. The van der Waals surface area contributed by atoms with Crippen LogP contribution in [-0.4, -0.2) is 36.3 Å². The van der Waals surface area contributed by atoms with E-state index in [2.05, 4.69) is 17.9 Å². The molecule has 1 aliphatic carbocycles. The number of benzene rings is 1. The van der Waals surface area contributed by atoms with E-state index in [0.717, 1.165) is 19.5 Å². The van der Waals surface area contributed by atoms with Crippen molar-refractivity contribution >= 4 is 0 Å². The molecule has 1 saturated heterocycles. The van der Waals surface area contributed by atoms with Crippen molar-refractivity contribution in [3.05, 3.63) is 29.3 Å². The molecule has 1 N–H and O–H groups in total. The average molecular weight is 275 g/mol.